The molecule has 2 aliphatic carbocycles. The average molecular weight is 266 g/mol. The van der Waals surface area contributed by atoms with Gasteiger partial charge in [0.25, 0.3) is 0 Å². The third-order valence-electron chi connectivity index (χ3n) is 5.19. The van der Waals surface area contributed by atoms with Gasteiger partial charge in [0.2, 0.25) is 0 Å². The van der Waals surface area contributed by atoms with E-state index in [1.807, 2.05) is 6.07 Å². The Morgan fingerprint density at radius 2 is 1.50 bits per heavy atom. The van der Waals surface area contributed by atoms with Crippen LogP contribution in [0.4, 0.5) is 4.39 Å². The van der Waals surface area contributed by atoms with Gasteiger partial charge in [-0.05, 0) is 54.2 Å². The van der Waals surface area contributed by atoms with Gasteiger partial charge in [-0.1, -0.05) is 49.1 Å². The molecule has 0 nitrogen and oxygen atoms in total. The van der Waals surface area contributed by atoms with Crippen molar-refractivity contribution in [1.82, 2.24) is 0 Å². The fraction of sp³-hybridized carbons (Fsp3) is 0.368. The summed E-state index contributed by atoms with van der Waals surface area (Å²) in [5.74, 6) is -0.0989. The molecule has 1 spiro atoms. The third-order valence-corrected chi connectivity index (χ3v) is 5.19. The Balaban J connectivity index is 2.03. The number of aryl methyl sites for hydroxylation is 1. The van der Waals surface area contributed by atoms with E-state index in [4.69, 9.17) is 0 Å². The Morgan fingerprint density at radius 1 is 0.850 bits per heavy atom. The first-order valence-electron chi connectivity index (χ1n) is 7.62. The zero-order chi connectivity index (χ0) is 13.7. The van der Waals surface area contributed by atoms with Crippen molar-refractivity contribution in [3.05, 3.63) is 58.9 Å². The van der Waals surface area contributed by atoms with Gasteiger partial charge in [0, 0.05) is 5.41 Å². The lowest BCUT2D eigenvalue weighted by Gasteiger charge is -2.36. The van der Waals surface area contributed by atoms with Crippen molar-refractivity contribution < 1.29 is 4.39 Å². The summed E-state index contributed by atoms with van der Waals surface area (Å²) in [6.45, 7) is 2.15. The highest BCUT2D eigenvalue weighted by Crippen LogP contribution is 2.55. The topological polar surface area (TPSA) is 0 Å². The molecule has 0 saturated heterocycles. The van der Waals surface area contributed by atoms with E-state index in [0.717, 1.165) is 0 Å². The van der Waals surface area contributed by atoms with E-state index in [1.165, 1.54) is 59.9 Å². The van der Waals surface area contributed by atoms with Gasteiger partial charge in [-0.15, -0.1) is 0 Å². The molecule has 0 radical (unpaired) electrons. The van der Waals surface area contributed by atoms with Crippen LogP contribution in [0, 0.1) is 12.7 Å². The first-order valence-corrected chi connectivity index (χ1v) is 7.62. The highest BCUT2D eigenvalue weighted by atomic mass is 19.1. The molecule has 20 heavy (non-hydrogen) atoms. The molecule has 1 heteroatoms. The van der Waals surface area contributed by atoms with Gasteiger partial charge in [-0.3, -0.25) is 0 Å². The molecule has 2 aliphatic rings. The van der Waals surface area contributed by atoms with Crippen LogP contribution in [0.15, 0.2) is 36.4 Å². The molecule has 0 amide bonds. The molecule has 0 aromatic heterocycles. The van der Waals surface area contributed by atoms with Gasteiger partial charge in [0.05, 0.1) is 0 Å². The van der Waals surface area contributed by atoms with Crippen LogP contribution in [0.5, 0.6) is 0 Å². The van der Waals surface area contributed by atoms with Crippen molar-refractivity contribution in [3.63, 3.8) is 0 Å². The van der Waals surface area contributed by atoms with Crippen LogP contribution in [0.25, 0.3) is 11.1 Å². The molecule has 1 saturated carbocycles. The minimum atomic E-state index is -0.0989. The first-order chi connectivity index (χ1) is 9.71. The van der Waals surface area contributed by atoms with E-state index in [2.05, 4.69) is 25.1 Å². The van der Waals surface area contributed by atoms with Crippen molar-refractivity contribution in [3.8, 4) is 11.1 Å². The quantitative estimate of drug-likeness (QED) is 0.601. The fourth-order valence-corrected chi connectivity index (χ4v) is 4.28. The van der Waals surface area contributed by atoms with Gasteiger partial charge >= 0.3 is 0 Å². The summed E-state index contributed by atoms with van der Waals surface area (Å²) in [7, 11) is 0. The van der Waals surface area contributed by atoms with E-state index in [0.29, 0.717) is 0 Å². The molecule has 0 aliphatic heterocycles. The molecule has 0 unspecified atom stereocenters. The molecular weight excluding hydrogens is 247 g/mol. The fourth-order valence-electron chi connectivity index (χ4n) is 4.28. The lowest BCUT2D eigenvalue weighted by atomic mass is 9.67. The van der Waals surface area contributed by atoms with Crippen LogP contribution in [0.2, 0.25) is 0 Å². The van der Waals surface area contributed by atoms with Crippen LogP contribution in [0.3, 0.4) is 0 Å². The maximum Gasteiger partial charge on any atom is 0.123 e. The molecular formula is C19H19F. The van der Waals surface area contributed by atoms with Crippen LogP contribution >= 0.6 is 0 Å². The van der Waals surface area contributed by atoms with E-state index >= 15 is 0 Å². The molecule has 2 aromatic rings. The molecule has 1 fully saturated rings. The van der Waals surface area contributed by atoms with Crippen LogP contribution < -0.4 is 0 Å². The average Bonchev–Trinajstić information content (AvgIpc) is 2.70. The zero-order valence-electron chi connectivity index (χ0n) is 11.9. The normalized spacial score (nSPS) is 18.9. The monoisotopic (exact) mass is 266 g/mol. The van der Waals surface area contributed by atoms with Gasteiger partial charge in [0.1, 0.15) is 5.82 Å². The summed E-state index contributed by atoms with van der Waals surface area (Å²) in [5.41, 5.74) is 6.64. The van der Waals surface area contributed by atoms with Crippen LogP contribution in [-0.4, -0.2) is 0 Å². The highest BCUT2D eigenvalue weighted by molar-refractivity contribution is 5.81. The number of hydrogen-bond acceptors (Lipinski definition) is 0. The SMILES string of the molecule is Cc1ccc2c(c1)C1(CCCCC1)c1cc(F)ccc1-2. The Labute approximate surface area is 119 Å². The zero-order valence-corrected chi connectivity index (χ0v) is 11.9. The first kappa shape index (κ1) is 12.1. The minimum Gasteiger partial charge on any atom is -0.207 e. The summed E-state index contributed by atoms with van der Waals surface area (Å²) in [5, 5.41) is 0. The van der Waals surface area contributed by atoms with E-state index < -0.39 is 0 Å². The van der Waals surface area contributed by atoms with Crippen molar-refractivity contribution in [2.24, 2.45) is 0 Å². The number of benzene rings is 2. The minimum absolute atomic E-state index is 0.0804. The number of fused-ring (bicyclic) bond motifs is 5. The Kier molecular flexibility index (Phi) is 2.54. The summed E-state index contributed by atoms with van der Waals surface area (Å²) >= 11 is 0. The molecule has 2 aromatic carbocycles. The second kappa shape index (κ2) is 4.18. The third kappa shape index (κ3) is 1.52. The predicted molar refractivity (Wildman–Crippen MR) is 80.4 cm³/mol. The van der Waals surface area contributed by atoms with Gasteiger partial charge in [-0.2, -0.15) is 0 Å². The number of rotatable bonds is 0. The lowest BCUT2D eigenvalue weighted by Crippen LogP contribution is -2.28. The van der Waals surface area contributed by atoms with Crippen molar-refractivity contribution >= 4 is 0 Å². The maximum absolute atomic E-state index is 13.8. The standard InChI is InChI=1S/C19H19F/c1-13-5-7-15-16-8-6-14(20)12-18(16)19(17(15)11-13)9-3-2-4-10-19/h5-8,11-12H,2-4,9-10H2,1H3. The smallest absolute Gasteiger partial charge is 0.123 e. The maximum atomic E-state index is 13.8. The summed E-state index contributed by atoms with van der Waals surface area (Å²) in [6.07, 6.45) is 6.15. The van der Waals surface area contributed by atoms with Crippen molar-refractivity contribution in [2.45, 2.75) is 44.4 Å². The summed E-state index contributed by atoms with van der Waals surface area (Å²) < 4.78 is 13.8. The molecule has 0 N–H and O–H groups in total. The van der Waals surface area contributed by atoms with Crippen LogP contribution in [-0.2, 0) is 5.41 Å². The Morgan fingerprint density at radius 3 is 2.25 bits per heavy atom. The van der Waals surface area contributed by atoms with Gasteiger partial charge in [0.15, 0.2) is 0 Å². The highest BCUT2D eigenvalue weighted by Gasteiger charge is 2.43. The van der Waals surface area contributed by atoms with Gasteiger partial charge in [-0.25, -0.2) is 4.39 Å². The van der Waals surface area contributed by atoms with E-state index in [9.17, 15) is 4.39 Å². The summed E-state index contributed by atoms with van der Waals surface area (Å²) in [4.78, 5) is 0. The van der Waals surface area contributed by atoms with Gasteiger partial charge < -0.3 is 0 Å². The molecule has 0 heterocycles. The second-order valence-corrected chi connectivity index (χ2v) is 6.38. The number of hydrogen-bond donors (Lipinski definition) is 0. The van der Waals surface area contributed by atoms with Crippen LogP contribution in [0.1, 0.15) is 48.8 Å². The summed E-state index contributed by atoms with van der Waals surface area (Å²) in [6, 6.07) is 12.1. The van der Waals surface area contributed by atoms with Crippen molar-refractivity contribution in [2.75, 3.05) is 0 Å². The number of halogens is 1. The largest absolute Gasteiger partial charge is 0.207 e. The molecule has 102 valence electrons. The Bertz CT molecular complexity index is 625. The molecule has 4 rings (SSSR count). The van der Waals surface area contributed by atoms with Crippen molar-refractivity contribution in [1.29, 1.82) is 0 Å². The molecule has 0 atom stereocenters. The molecule has 0 bridgehead atoms. The lowest BCUT2D eigenvalue weighted by molar-refractivity contribution is 0.351. The predicted octanol–water partition coefficient (Wildman–Crippen LogP) is 5.36. The Hall–Kier alpha value is -1.63. The van der Waals surface area contributed by atoms with E-state index in [-0.39, 0.29) is 11.2 Å². The van der Waals surface area contributed by atoms with E-state index in [1.54, 1.807) is 12.1 Å². The second-order valence-electron chi connectivity index (χ2n) is 6.38.